The zero-order chi connectivity index (χ0) is 18.8. The van der Waals surface area contributed by atoms with Crippen molar-refractivity contribution >= 4 is 38.6 Å². The number of thiazole rings is 1. The molecule has 2 aromatic rings. The number of anilines is 1. The Morgan fingerprint density at radius 2 is 1.88 bits per heavy atom. The molecular formula is C18H24N2O4S. The lowest BCUT2D eigenvalue weighted by molar-refractivity contribution is -0.149. The van der Waals surface area contributed by atoms with E-state index in [2.05, 4.69) is 10.3 Å². The molecule has 2 rings (SSSR count). The molecule has 1 N–H and O–H groups in total. The number of nitrogens with one attached hydrogen (secondary N) is 1. The summed E-state index contributed by atoms with van der Waals surface area (Å²) in [6.07, 6.45) is 0. The van der Waals surface area contributed by atoms with Gasteiger partial charge in [-0.25, -0.2) is 9.78 Å². The molecule has 25 heavy (non-hydrogen) atoms. The molecule has 1 aromatic carbocycles. The van der Waals surface area contributed by atoms with Gasteiger partial charge >= 0.3 is 11.9 Å². The number of fused-ring (bicyclic) bond motifs is 1. The van der Waals surface area contributed by atoms with E-state index in [0.717, 1.165) is 10.2 Å². The van der Waals surface area contributed by atoms with Crippen LogP contribution in [-0.4, -0.2) is 36.2 Å². The van der Waals surface area contributed by atoms with E-state index >= 15 is 0 Å². The van der Waals surface area contributed by atoms with E-state index in [9.17, 15) is 9.59 Å². The van der Waals surface area contributed by atoms with Crippen LogP contribution in [0.2, 0.25) is 0 Å². The minimum absolute atomic E-state index is 0.284. The zero-order valence-electron chi connectivity index (χ0n) is 15.4. The van der Waals surface area contributed by atoms with Gasteiger partial charge < -0.3 is 14.8 Å². The summed E-state index contributed by atoms with van der Waals surface area (Å²) in [4.78, 5) is 28.4. The maximum Gasteiger partial charge on any atom is 0.338 e. The van der Waals surface area contributed by atoms with Gasteiger partial charge in [0, 0.05) is 6.54 Å². The molecule has 0 atom stereocenters. The number of benzene rings is 1. The van der Waals surface area contributed by atoms with E-state index < -0.39 is 11.0 Å². The summed E-state index contributed by atoms with van der Waals surface area (Å²) in [6, 6.07) is 5.28. The zero-order valence-corrected chi connectivity index (χ0v) is 16.2. The highest BCUT2D eigenvalue weighted by molar-refractivity contribution is 7.22. The number of rotatable bonds is 5. The molecule has 0 radical (unpaired) electrons. The van der Waals surface area contributed by atoms with Crippen molar-refractivity contribution < 1.29 is 19.1 Å². The van der Waals surface area contributed by atoms with E-state index in [1.54, 1.807) is 32.0 Å². The van der Waals surface area contributed by atoms with Crippen LogP contribution in [0.3, 0.4) is 0 Å². The number of carbonyl (C=O) groups is 2. The molecule has 1 heterocycles. The number of ether oxygens (including phenoxy) is 2. The molecule has 0 aliphatic carbocycles. The average molecular weight is 364 g/mol. The Hall–Kier alpha value is -2.15. The molecule has 0 spiro atoms. The van der Waals surface area contributed by atoms with Crippen LogP contribution in [-0.2, 0) is 14.3 Å². The lowest BCUT2D eigenvalue weighted by atomic mass is 9.94. The lowest BCUT2D eigenvalue weighted by Crippen LogP contribution is -2.33. The van der Waals surface area contributed by atoms with Gasteiger partial charge in [0.2, 0.25) is 0 Å². The molecule has 136 valence electrons. The van der Waals surface area contributed by atoms with Crippen molar-refractivity contribution in [1.82, 2.24) is 4.98 Å². The van der Waals surface area contributed by atoms with Gasteiger partial charge in [-0.2, -0.15) is 0 Å². The predicted molar refractivity (Wildman–Crippen MR) is 99.1 cm³/mol. The topological polar surface area (TPSA) is 77.5 Å². The summed E-state index contributed by atoms with van der Waals surface area (Å²) >= 11 is 1.42. The summed E-state index contributed by atoms with van der Waals surface area (Å²) in [6.45, 7) is 9.52. The van der Waals surface area contributed by atoms with E-state index in [-0.39, 0.29) is 11.9 Å². The first-order valence-corrected chi connectivity index (χ1v) is 8.80. The Balaban J connectivity index is 2.15. The number of hydrogen-bond donors (Lipinski definition) is 1. The van der Waals surface area contributed by atoms with Crippen LogP contribution in [0, 0.1) is 5.41 Å². The molecule has 0 unspecified atom stereocenters. The van der Waals surface area contributed by atoms with Crippen LogP contribution >= 0.6 is 11.3 Å². The third-order valence-electron chi connectivity index (χ3n) is 3.44. The Morgan fingerprint density at radius 1 is 1.20 bits per heavy atom. The highest BCUT2D eigenvalue weighted by Crippen LogP contribution is 2.28. The molecule has 7 heteroatoms. The smallest absolute Gasteiger partial charge is 0.338 e. The molecule has 0 amide bonds. The van der Waals surface area contributed by atoms with Crippen molar-refractivity contribution in [2.75, 3.05) is 19.0 Å². The number of esters is 2. The van der Waals surface area contributed by atoms with Crippen molar-refractivity contribution in [2.45, 2.75) is 40.2 Å². The van der Waals surface area contributed by atoms with E-state index in [4.69, 9.17) is 9.47 Å². The highest BCUT2D eigenvalue weighted by Gasteiger charge is 2.28. The number of hydrogen-bond acceptors (Lipinski definition) is 7. The fourth-order valence-electron chi connectivity index (χ4n) is 2.11. The predicted octanol–water partition coefficient (Wildman–Crippen LogP) is 3.86. The molecule has 0 aliphatic heterocycles. The Labute approximate surface area is 151 Å². The highest BCUT2D eigenvalue weighted by atomic mass is 32.1. The van der Waals surface area contributed by atoms with Gasteiger partial charge in [0.15, 0.2) is 5.13 Å². The fraction of sp³-hybridized carbons (Fsp3) is 0.500. The van der Waals surface area contributed by atoms with Crippen molar-refractivity contribution in [3.05, 3.63) is 23.8 Å². The summed E-state index contributed by atoms with van der Waals surface area (Å²) in [5.74, 6) is -0.641. The lowest BCUT2D eigenvalue weighted by Gasteiger charge is -2.21. The quantitative estimate of drug-likeness (QED) is 0.812. The molecular weight excluding hydrogens is 340 g/mol. The average Bonchev–Trinajstić information content (AvgIpc) is 2.92. The second kappa shape index (κ2) is 7.00. The number of aromatic nitrogens is 1. The maximum atomic E-state index is 12.2. The van der Waals surface area contributed by atoms with Crippen LogP contribution in [0.25, 0.3) is 10.2 Å². The maximum absolute atomic E-state index is 12.2. The monoisotopic (exact) mass is 364 g/mol. The van der Waals surface area contributed by atoms with Crippen LogP contribution in [0.5, 0.6) is 0 Å². The van der Waals surface area contributed by atoms with Gasteiger partial charge in [0.25, 0.3) is 0 Å². The second-order valence-corrected chi connectivity index (χ2v) is 8.46. The van der Waals surface area contributed by atoms with Crippen LogP contribution < -0.4 is 5.32 Å². The summed E-state index contributed by atoms with van der Waals surface area (Å²) in [5, 5.41) is 3.86. The van der Waals surface area contributed by atoms with Gasteiger partial charge in [-0.1, -0.05) is 11.3 Å². The number of methoxy groups -OCH3 is 1. The second-order valence-electron chi connectivity index (χ2n) is 7.43. The van der Waals surface area contributed by atoms with Crippen molar-refractivity contribution in [1.29, 1.82) is 0 Å². The molecule has 0 bridgehead atoms. The minimum atomic E-state index is -0.658. The molecule has 6 nitrogen and oxygen atoms in total. The summed E-state index contributed by atoms with van der Waals surface area (Å²) in [5.41, 5.74) is 0.0865. The summed E-state index contributed by atoms with van der Waals surface area (Å²) in [7, 11) is 1.37. The van der Waals surface area contributed by atoms with Gasteiger partial charge in [0.1, 0.15) is 5.60 Å². The number of nitrogens with zero attached hydrogens (tertiary/aromatic N) is 1. The standard InChI is InChI=1S/C18H24N2O4S/c1-17(2,3)24-14(21)11-7-8-12-13(9-11)25-16(20-12)19-10-18(4,5)15(22)23-6/h7-9H,10H2,1-6H3,(H,19,20). The van der Waals surface area contributed by atoms with E-state index in [0.29, 0.717) is 17.2 Å². The number of carbonyl (C=O) groups excluding carboxylic acids is 2. The SMILES string of the molecule is COC(=O)C(C)(C)CNc1nc2ccc(C(=O)OC(C)(C)C)cc2s1. The van der Waals surface area contributed by atoms with Gasteiger partial charge in [-0.05, 0) is 52.8 Å². The summed E-state index contributed by atoms with van der Waals surface area (Å²) < 4.78 is 11.1. The molecule has 0 aliphatic rings. The van der Waals surface area contributed by atoms with Gasteiger partial charge in [-0.3, -0.25) is 4.79 Å². The minimum Gasteiger partial charge on any atom is -0.469 e. The molecule has 0 fully saturated rings. The van der Waals surface area contributed by atoms with Crippen molar-refractivity contribution in [2.24, 2.45) is 5.41 Å². The van der Waals surface area contributed by atoms with Crippen LogP contribution in [0.1, 0.15) is 45.0 Å². The Bertz CT molecular complexity index is 790. The first-order valence-electron chi connectivity index (χ1n) is 7.98. The molecule has 0 saturated carbocycles. The van der Waals surface area contributed by atoms with Gasteiger partial charge in [-0.15, -0.1) is 0 Å². The third-order valence-corrected chi connectivity index (χ3v) is 4.42. The Morgan fingerprint density at radius 3 is 2.48 bits per heavy atom. The Kier molecular flexibility index (Phi) is 5.37. The van der Waals surface area contributed by atoms with E-state index in [1.165, 1.54) is 18.4 Å². The third kappa shape index (κ3) is 4.92. The van der Waals surface area contributed by atoms with Crippen LogP contribution in [0.15, 0.2) is 18.2 Å². The molecule has 0 saturated heterocycles. The van der Waals surface area contributed by atoms with Crippen LogP contribution in [0.4, 0.5) is 5.13 Å². The first-order chi connectivity index (χ1) is 11.5. The van der Waals surface area contributed by atoms with Gasteiger partial charge in [0.05, 0.1) is 28.3 Å². The van der Waals surface area contributed by atoms with Crippen molar-refractivity contribution in [3.63, 3.8) is 0 Å². The first kappa shape index (κ1) is 19.2. The largest absolute Gasteiger partial charge is 0.469 e. The van der Waals surface area contributed by atoms with E-state index in [1.807, 2.05) is 20.8 Å². The normalized spacial score (nSPS) is 12.1. The van der Waals surface area contributed by atoms with Crippen molar-refractivity contribution in [3.8, 4) is 0 Å². The molecule has 1 aromatic heterocycles. The fourth-order valence-corrected chi connectivity index (χ4v) is 3.01.